The number of nitrogens with one attached hydrogen (secondary N) is 1. The fourth-order valence-electron chi connectivity index (χ4n) is 6.90. The summed E-state index contributed by atoms with van der Waals surface area (Å²) in [6.45, 7) is 4.88. The molecule has 1 aliphatic heterocycles. The van der Waals surface area contributed by atoms with Gasteiger partial charge in [0.15, 0.2) is 0 Å². The summed E-state index contributed by atoms with van der Waals surface area (Å²) in [4.78, 5) is 22.6. The molecule has 0 radical (unpaired) electrons. The molecule has 2 fully saturated rings. The van der Waals surface area contributed by atoms with Gasteiger partial charge in [0.05, 0.1) is 34.9 Å². The second kappa shape index (κ2) is 12.0. The Morgan fingerprint density at radius 1 is 1.09 bits per heavy atom. The van der Waals surface area contributed by atoms with Gasteiger partial charge in [-0.1, -0.05) is 6.92 Å². The average molecular weight is 590 g/mol. The van der Waals surface area contributed by atoms with Crippen LogP contribution in [0.25, 0.3) is 16.8 Å². The lowest BCUT2D eigenvalue weighted by molar-refractivity contribution is -0.131. The molecule has 11 heteroatoms. The van der Waals surface area contributed by atoms with Crippen LogP contribution >= 0.6 is 0 Å². The topological polar surface area (TPSA) is 111 Å². The van der Waals surface area contributed by atoms with Crippen LogP contribution in [0.15, 0.2) is 48.9 Å². The van der Waals surface area contributed by atoms with Gasteiger partial charge in [0.2, 0.25) is 11.9 Å². The molecule has 0 bridgehead atoms. The molecule has 3 aromatic heterocycles. The number of aromatic nitrogens is 4. The molecule has 4 aromatic rings. The number of carbonyl (C=O) groups is 1. The van der Waals surface area contributed by atoms with Crippen LogP contribution in [0.2, 0.25) is 0 Å². The Hall–Kier alpha value is -3.96. The standard InChI is InChI=1S/C32H37F2N7O2/c1-18-12-22(15-27(35)31(18)40(3)19(2)42)24-6-9-36-17-29(24)38-32-37-16-23-4-5-28(39-41(23)32)30-25(33)13-21(14-26(30)34)20-7-10-43-11-8-20/h4-6,9,13-14,16-18,20,22,27,31H,7-8,10-12,15,35H2,1-3H3,(H,37,38)/t18-,22+,27+,31-/m0/s1. The number of amides is 1. The van der Waals surface area contributed by atoms with Crippen molar-refractivity contribution in [2.45, 2.75) is 63.5 Å². The van der Waals surface area contributed by atoms with Crippen LogP contribution in [0.4, 0.5) is 20.4 Å². The molecule has 1 saturated carbocycles. The van der Waals surface area contributed by atoms with E-state index < -0.39 is 11.6 Å². The Labute approximate surface area is 249 Å². The number of halogens is 2. The molecule has 226 valence electrons. The number of benzene rings is 1. The second-order valence-corrected chi connectivity index (χ2v) is 11.9. The van der Waals surface area contributed by atoms with Crippen LogP contribution < -0.4 is 11.1 Å². The number of nitrogens with two attached hydrogens (primary N) is 1. The molecule has 4 heterocycles. The zero-order chi connectivity index (χ0) is 30.2. The minimum absolute atomic E-state index is 0.00472. The number of anilines is 2. The smallest absolute Gasteiger partial charge is 0.229 e. The maximum Gasteiger partial charge on any atom is 0.229 e. The molecule has 3 N–H and O–H groups in total. The predicted octanol–water partition coefficient (Wildman–Crippen LogP) is 5.39. The number of hydrogen-bond acceptors (Lipinski definition) is 7. The zero-order valence-corrected chi connectivity index (χ0v) is 24.6. The summed E-state index contributed by atoms with van der Waals surface area (Å²) < 4.78 is 37.7. The number of nitrogens with zero attached hydrogens (tertiary/aromatic N) is 5. The van der Waals surface area contributed by atoms with E-state index in [-0.39, 0.29) is 47.0 Å². The molecule has 1 saturated heterocycles. The van der Waals surface area contributed by atoms with Crippen molar-refractivity contribution in [1.29, 1.82) is 0 Å². The van der Waals surface area contributed by atoms with Crippen LogP contribution in [0.1, 0.15) is 62.5 Å². The van der Waals surface area contributed by atoms with Gasteiger partial charge in [-0.3, -0.25) is 9.78 Å². The van der Waals surface area contributed by atoms with Crippen molar-refractivity contribution < 1.29 is 18.3 Å². The molecule has 4 atom stereocenters. The molecule has 1 aliphatic carbocycles. The Bertz CT molecular complexity index is 1600. The Kier molecular flexibility index (Phi) is 8.11. The largest absolute Gasteiger partial charge is 0.381 e. The summed E-state index contributed by atoms with van der Waals surface area (Å²) in [7, 11) is 1.81. The zero-order valence-electron chi connectivity index (χ0n) is 24.6. The number of hydrogen-bond donors (Lipinski definition) is 2. The second-order valence-electron chi connectivity index (χ2n) is 11.9. The van der Waals surface area contributed by atoms with E-state index in [1.165, 1.54) is 12.1 Å². The van der Waals surface area contributed by atoms with Gasteiger partial charge >= 0.3 is 0 Å². The minimum atomic E-state index is -0.644. The third-order valence-electron chi connectivity index (χ3n) is 9.12. The number of likely N-dealkylation sites (N-methyl/N-ethyl adjacent to an activating group) is 1. The number of carbonyl (C=O) groups excluding carboxylic acids is 1. The number of pyridine rings is 1. The number of imidazole rings is 1. The van der Waals surface area contributed by atoms with Crippen molar-refractivity contribution in [2.75, 3.05) is 25.6 Å². The molecule has 6 rings (SSSR count). The summed E-state index contributed by atoms with van der Waals surface area (Å²) in [6.07, 6.45) is 8.17. The van der Waals surface area contributed by atoms with Crippen molar-refractivity contribution >= 4 is 23.1 Å². The van der Waals surface area contributed by atoms with Crippen LogP contribution in [0.5, 0.6) is 0 Å². The van der Waals surface area contributed by atoms with Crippen LogP contribution in [0, 0.1) is 17.6 Å². The van der Waals surface area contributed by atoms with Gasteiger partial charge in [0.1, 0.15) is 11.6 Å². The normalized spacial score (nSPS) is 22.9. The summed E-state index contributed by atoms with van der Waals surface area (Å²) in [6, 6.07) is 7.95. The summed E-state index contributed by atoms with van der Waals surface area (Å²) >= 11 is 0. The van der Waals surface area contributed by atoms with E-state index in [1.807, 2.05) is 13.1 Å². The molecule has 2 aliphatic rings. The van der Waals surface area contributed by atoms with Gasteiger partial charge in [-0.25, -0.2) is 13.8 Å². The SMILES string of the molecule is CC(=O)N(C)[C@@H]1[C@H](N)C[C@H](c2ccncc2Nc2ncc3ccc(-c4c(F)cc(C5CCOCC5)cc4F)nn23)C[C@@H]1C. The monoisotopic (exact) mass is 589 g/mol. The quantitative estimate of drug-likeness (QED) is 0.310. The van der Waals surface area contributed by atoms with Crippen LogP contribution in [-0.2, 0) is 9.53 Å². The van der Waals surface area contributed by atoms with E-state index in [1.54, 1.807) is 47.1 Å². The van der Waals surface area contributed by atoms with E-state index >= 15 is 8.78 Å². The molecular weight excluding hydrogens is 552 g/mol. The Morgan fingerprint density at radius 2 is 1.84 bits per heavy atom. The lowest BCUT2D eigenvalue weighted by Crippen LogP contribution is -2.54. The van der Waals surface area contributed by atoms with Crippen LogP contribution in [0.3, 0.4) is 0 Å². The van der Waals surface area contributed by atoms with Crippen molar-refractivity contribution in [3.05, 3.63) is 71.7 Å². The first-order chi connectivity index (χ1) is 20.7. The lowest BCUT2D eigenvalue weighted by Gasteiger charge is -2.43. The predicted molar refractivity (Wildman–Crippen MR) is 160 cm³/mol. The van der Waals surface area contributed by atoms with Gasteiger partial charge in [-0.15, -0.1) is 0 Å². The average Bonchev–Trinajstić information content (AvgIpc) is 3.39. The highest BCUT2D eigenvalue weighted by atomic mass is 19.1. The number of rotatable bonds is 6. The summed E-state index contributed by atoms with van der Waals surface area (Å²) in [5.41, 5.74) is 9.72. The Balaban J connectivity index is 1.28. The van der Waals surface area contributed by atoms with Gasteiger partial charge in [0, 0.05) is 45.5 Å². The molecule has 0 unspecified atom stereocenters. The van der Waals surface area contributed by atoms with Crippen molar-refractivity contribution in [3.63, 3.8) is 0 Å². The highest BCUT2D eigenvalue weighted by Gasteiger charge is 2.38. The van der Waals surface area contributed by atoms with Crippen LogP contribution in [-0.4, -0.2) is 62.7 Å². The highest BCUT2D eigenvalue weighted by Crippen LogP contribution is 2.40. The van der Waals surface area contributed by atoms with Crippen molar-refractivity contribution in [2.24, 2.45) is 11.7 Å². The van der Waals surface area contributed by atoms with Gasteiger partial charge in [-0.05, 0) is 84.9 Å². The minimum Gasteiger partial charge on any atom is -0.381 e. The molecule has 43 heavy (non-hydrogen) atoms. The van der Waals surface area contributed by atoms with E-state index in [0.29, 0.717) is 36.7 Å². The maximum absolute atomic E-state index is 15.4. The lowest BCUT2D eigenvalue weighted by atomic mass is 9.73. The third kappa shape index (κ3) is 5.71. The fourth-order valence-corrected chi connectivity index (χ4v) is 6.90. The summed E-state index contributed by atoms with van der Waals surface area (Å²) in [5.74, 6) is -0.480. The number of fused-ring (bicyclic) bond motifs is 1. The maximum atomic E-state index is 15.4. The van der Waals surface area contributed by atoms with Crippen molar-refractivity contribution in [1.82, 2.24) is 24.5 Å². The highest BCUT2D eigenvalue weighted by molar-refractivity contribution is 5.73. The molecule has 1 amide bonds. The third-order valence-corrected chi connectivity index (χ3v) is 9.12. The first-order valence-electron chi connectivity index (χ1n) is 14.8. The van der Waals surface area contributed by atoms with E-state index in [0.717, 1.165) is 30.5 Å². The number of ether oxygens (including phenoxy) is 1. The van der Waals surface area contributed by atoms with Gasteiger partial charge in [-0.2, -0.15) is 9.61 Å². The Morgan fingerprint density at radius 3 is 2.53 bits per heavy atom. The molecule has 9 nitrogen and oxygen atoms in total. The fraction of sp³-hybridized carbons (Fsp3) is 0.438. The van der Waals surface area contributed by atoms with Gasteiger partial charge < -0.3 is 20.7 Å². The van der Waals surface area contributed by atoms with Crippen molar-refractivity contribution in [3.8, 4) is 11.3 Å². The molecule has 1 aromatic carbocycles. The van der Waals surface area contributed by atoms with Gasteiger partial charge in [0.25, 0.3) is 0 Å². The van der Waals surface area contributed by atoms with E-state index in [9.17, 15) is 4.79 Å². The molecule has 0 spiro atoms. The van der Waals surface area contributed by atoms with E-state index in [2.05, 4.69) is 27.3 Å². The summed E-state index contributed by atoms with van der Waals surface area (Å²) in [5, 5.41) is 7.95. The van der Waals surface area contributed by atoms with E-state index in [4.69, 9.17) is 10.5 Å². The first kappa shape index (κ1) is 29.1. The first-order valence-corrected chi connectivity index (χ1v) is 14.8. The molecular formula is C32H37F2N7O2.